The van der Waals surface area contributed by atoms with E-state index in [9.17, 15) is 4.79 Å². The smallest absolute Gasteiger partial charge is 0.252 e. The number of hydrogen-bond donors (Lipinski definition) is 1. The second kappa shape index (κ2) is 4.52. The van der Waals surface area contributed by atoms with E-state index < -0.39 is 0 Å². The Morgan fingerprint density at radius 2 is 2.43 bits per heavy atom. The zero-order chi connectivity index (χ0) is 10.6. The van der Waals surface area contributed by atoms with Gasteiger partial charge in [-0.05, 0) is 13.0 Å². The minimum atomic E-state index is -0.0251. The largest absolute Gasteiger partial charge is 0.381 e. The number of rotatable bonds is 3. The third-order valence-corrected chi connectivity index (χ3v) is 1.94. The van der Waals surface area contributed by atoms with E-state index >= 15 is 0 Å². The summed E-state index contributed by atoms with van der Waals surface area (Å²) in [7, 11) is 1.72. The van der Waals surface area contributed by atoms with Gasteiger partial charge in [-0.1, -0.05) is 0 Å². The number of nitrogens with one attached hydrogen (secondary N) is 1. The van der Waals surface area contributed by atoms with Crippen molar-refractivity contribution in [2.75, 3.05) is 5.32 Å². The highest BCUT2D eigenvalue weighted by molar-refractivity contribution is 5.42. The Hall–Kier alpha value is -1.69. The standard InChI is InChI=1S/C11H14N2O/c1-4-5-9(2)12-10-6-7-13(3)11(14)8-10/h1,6-9,12H,5H2,2-3H3. The number of pyridine rings is 1. The van der Waals surface area contributed by atoms with Crippen LogP contribution in [0.4, 0.5) is 5.69 Å². The Morgan fingerprint density at radius 3 is 3.00 bits per heavy atom. The second-order valence-electron chi connectivity index (χ2n) is 3.32. The molecule has 1 unspecified atom stereocenters. The number of nitrogens with zero attached hydrogens (tertiary/aromatic N) is 1. The molecule has 0 aliphatic rings. The van der Waals surface area contributed by atoms with Gasteiger partial charge in [0.25, 0.3) is 5.56 Å². The lowest BCUT2D eigenvalue weighted by Gasteiger charge is -2.12. The zero-order valence-corrected chi connectivity index (χ0v) is 8.45. The average Bonchev–Trinajstić information content (AvgIpc) is 2.12. The van der Waals surface area contributed by atoms with Crippen LogP contribution >= 0.6 is 0 Å². The van der Waals surface area contributed by atoms with Crippen LogP contribution in [0.1, 0.15) is 13.3 Å². The van der Waals surface area contributed by atoms with Crippen molar-refractivity contribution in [2.24, 2.45) is 7.05 Å². The van der Waals surface area contributed by atoms with Crippen molar-refractivity contribution in [2.45, 2.75) is 19.4 Å². The topological polar surface area (TPSA) is 34.0 Å². The van der Waals surface area contributed by atoms with Gasteiger partial charge in [0.2, 0.25) is 0 Å². The molecule has 1 rings (SSSR count). The molecule has 14 heavy (non-hydrogen) atoms. The maximum Gasteiger partial charge on any atom is 0.252 e. The summed E-state index contributed by atoms with van der Waals surface area (Å²) < 4.78 is 1.52. The van der Waals surface area contributed by atoms with Crippen molar-refractivity contribution < 1.29 is 0 Å². The van der Waals surface area contributed by atoms with E-state index in [0.717, 1.165) is 5.69 Å². The molecule has 0 saturated carbocycles. The van der Waals surface area contributed by atoms with Crippen LogP contribution in [-0.2, 0) is 7.05 Å². The summed E-state index contributed by atoms with van der Waals surface area (Å²) in [5.41, 5.74) is 0.791. The summed E-state index contributed by atoms with van der Waals surface area (Å²) in [6.07, 6.45) is 7.56. The minimum Gasteiger partial charge on any atom is -0.381 e. The number of terminal acetylenes is 1. The first-order valence-electron chi connectivity index (χ1n) is 4.50. The zero-order valence-electron chi connectivity index (χ0n) is 8.45. The van der Waals surface area contributed by atoms with Crippen molar-refractivity contribution in [1.29, 1.82) is 0 Å². The normalized spacial score (nSPS) is 11.8. The van der Waals surface area contributed by atoms with Crippen LogP contribution in [0.3, 0.4) is 0 Å². The van der Waals surface area contributed by atoms with Crippen LogP contribution < -0.4 is 10.9 Å². The van der Waals surface area contributed by atoms with Crippen molar-refractivity contribution in [1.82, 2.24) is 4.57 Å². The highest BCUT2D eigenvalue weighted by Crippen LogP contribution is 2.05. The number of aryl methyl sites for hydroxylation is 1. The second-order valence-corrected chi connectivity index (χ2v) is 3.32. The van der Waals surface area contributed by atoms with E-state index in [4.69, 9.17) is 6.42 Å². The Kier molecular flexibility index (Phi) is 3.35. The van der Waals surface area contributed by atoms with E-state index in [-0.39, 0.29) is 11.6 Å². The van der Waals surface area contributed by atoms with E-state index in [0.29, 0.717) is 6.42 Å². The quantitative estimate of drug-likeness (QED) is 0.727. The van der Waals surface area contributed by atoms with Gasteiger partial charge in [-0.2, -0.15) is 0 Å². The third-order valence-electron chi connectivity index (χ3n) is 1.94. The fraction of sp³-hybridized carbons (Fsp3) is 0.364. The first-order chi connectivity index (χ1) is 6.63. The first-order valence-corrected chi connectivity index (χ1v) is 4.50. The van der Waals surface area contributed by atoms with Gasteiger partial charge in [-0.3, -0.25) is 4.79 Å². The van der Waals surface area contributed by atoms with Gasteiger partial charge in [0.05, 0.1) is 0 Å². The van der Waals surface area contributed by atoms with Crippen LogP contribution in [0, 0.1) is 12.3 Å². The number of hydrogen-bond acceptors (Lipinski definition) is 2. The lowest BCUT2D eigenvalue weighted by atomic mass is 10.2. The average molecular weight is 190 g/mol. The van der Waals surface area contributed by atoms with Gasteiger partial charge in [0.1, 0.15) is 0 Å². The summed E-state index contributed by atoms with van der Waals surface area (Å²) in [4.78, 5) is 11.3. The van der Waals surface area contributed by atoms with E-state index in [2.05, 4.69) is 11.2 Å². The van der Waals surface area contributed by atoms with Crippen LogP contribution in [0.2, 0.25) is 0 Å². The summed E-state index contributed by atoms with van der Waals surface area (Å²) in [5, 5.41) is 3.16. The summed E-state index contributed by atoms with van der Waals surface area (Å²) >= 11 is 0. The highest BCUT2D eigenvalue weighted by Gasteiger charge is 2.00. The van der Waals surface area contributed by atoms with Crippen molar-refractivity contribution in [3.05, 3.63) is 28.7 Å². The molecule has 0 aliphatic heterocycles. The van der Waals surface area contributed by atoms with E-state index in [1.807, 2.05) is 13.0 Å². The van der Waals surface area contributed by atoms with Gasteiger partial charge in [-0.15, -0.1) is 12.3 Å². The molecule has 0 aliphatic carbocycles. The fourth-order valence-electron chi connectivity index (χ4n) is 1.15. The highest BCUT2D eigenvalue weighted by atomic mass is 16.1. The molecule has 0 spiro atoms. The monoisotopic (exact) mass is 190 g/mol. The summed E-state index contributed by atoms with van der Waals surface area (Å²) in [6.45, 7) is 1.98. The van der Waals surface area contributed by atoms with Gasteiger partial charge in [0.15, 0.2) is 0 Å². The molecule has 3 nitrogen and oxygen atoms in total. The predicted octanol–water partition coefficient (Wildman–Crippen LogP) is 1.21. The van der Waals surface area contributed by atoms with E-state index in [1.54, 1.807) is 19.3 Å². The van der Waals surface area contributed by atoms with Crippen LogP contribution in [0.15, 0.2) is 23.1 Å². The molecule has 1 heterocycles. The molecule has 1 aromatic rings. The predicted molar refractivity (Wildman–Crippen MR) is 58.2 cm³/mol. The molecule has 0 radical (unpaired) electrons. The minimum absolute atomic E-state index is 0.0251. The molecule has 74 valence electrons. The maximum atomic E-state index is 11.3. The van der Waals surface area contributed by atoms with Gasteiger partial charge >= 0.3 is 0 Å². The summed E-state index contributed by atoms with van der Waals surface area (Å²) in [6, 6.07) is 3.61. The molecule has 1 atom stereocenters. The Morgan fingerprint density at radius 1 is 1.71 bits per heavy atom. The third kappa shape index (κ3) is 2.67. The molecule has 1 N–H and O–H groups in total. The van der Waals surface area contributed by atoms with Crippen molar-refractivity contribution in [3.8, 4) is 12.3 Å². The van der Waals surface area contributed by atoms with Crippen molar-refractivity contribution in [3.63, 3.8) is 0 Å². The van der Waals surface area contributed by atoms with Crippen LogP contribution in [0.25, 0.3) is 0 Å². The molecule has 0 bridgehead atoms. The lowest BCUT2D eigenvalue weighted by Crippen LogP contribution is -2.19. The van der Waals surface area contributed by atoms with Crippen LogP contribution in [-0.4, -0.2) is 10.6 Å². The molecule has 0 saturated heterocycles. The van der Waals surface area contributed by atoms with Gasteiger partial charge < -0.3 is 9.88 Å². The number of aromatic nitrogens is 1. The molecule has 1 aromatic heterocycles. The molecular formula is C11H14N2O. The maximum absolute atomic E-state index is 11.3. The Bertz CT molecular complexity index is 400. The van der Waals surface area contributed by atoms with Gasteiger partial charge in [0, 0.05) is 37.5 Å². The Labute approximate surface area is 83.8 Å². The molecule has 0 amide bonds. The number of anilines is 1. The van der Waals surface area contributed by atoms with Crippen LogP contribution in [0.5, 0.6) is 0 Å². The van der Waals surface area contributed by atoms with Gasteiger partial charge in [-0.25, -0.2) is 0 Å². The molecule has 3 heteroatoms. The first kappa shape index (κ1) is 10.4. The fourth-order valence-corrected chi connectivity index (χ4v) is 1.15. The molecule has 0 fully saturated rings. The Balaban J connectivity index is 2.74. The lowest BCUT2D eigenvalue weighted by molar-refractivity contribution is 0.819. The summed E-state index contributed by atoms with van der Waals surface area (Å²) in [5.74, 6) is 2.57. The van der Waals surface area contributed by atoms with Crippen molar-refractivity contribution >= 4 is 5.69 Å². The van der Waals surface area contributed by atoms with E-state index in [1.165, 1.54) is 4.57 Å². The molecule has 0 aromatic carbocycles. The molecular weight excluding hydrogens is 176 g/mol. The SMILES string of the molecule is C#CCC(C)Nc1ccn(C)c(=O)c1.